The second-order valence-electron chi connectivity index (χ2n) is 8.50. The molecule has 29 heavy (non-hydrogen) atoms. The van der Waals surface area contributed by atoms with Gasteiger partial charge in [-0.25, -0.2) is 0 Å². The van der Waals surface area contributed by atoms with E-state index in [4.69, 9.17) is 4.74 Å². The summed E-state index contributed by atoms with van der Waals surface area (Å²) in [6.07, 6.45) is 4.73. The first-order chi connectivity index (χ1) is 13.5. The number of carbonyl (C=O) groups excluding carboxylic acids is 2. The minimum Gasteiger partial charge on any atom is -0.390 e. The fraction of sp³-hybridized carbons (Fsp3) is 0.583. The molecule has 0 aliphatic heterocycles. The Morgan fingerprint density at radius 3 is 2.48 bits per heavy atom. The fourth-order valence-corrected chi connectivity index (χ4v) is 2.95. The molecule has 1 unspecified atom stereocenters. The first-order valence-corrected chi connectivity index (χ1v) is 10.4. The van der Waals surface area contributed by atoms with Crippen LogP contribution < -0.4 is 5.32 Å². The van der Waals surface area contributed by atoms with Crippen molar-refractivity contribution in [3.63, 3.8) is 0 Å². The summed E-state index contributed by atoms with van der Waals surface area (Å²) in [7, 11) is 0. The lowest BCUT2D eigenvalue weighted by molar-refractivity contribution is -0.121. The Morgan fingerprint density at radius 2 is 1.93 bits per heavy atom. The first-order valence-electron chi connectivity index (χ1n) is 10.4. The van der Waals surface area contributed by atoms with E-state index in [-0.39, 0.29) is 17.3 Å². The van der Waals surface area contributed by atoms with E-state index in [0.717, 1.165) is 17.5 Å². The van der Waals surface area contributed by atoms with Gasteiger partial charge in [-0.15, -0.1) is 0 Å². The molecule has 0 saturated heterocycles. The number of ether oxygens (including phenoxy) is 1. The van der Waals surface area contributed by atoms with E-state index in [2.05, 4.69) is 18.8 Å². The summed E-state index contributed by atoms with van der Waals surface area (Å²) in [5.74, 6) is -0.0215. The molecule has 0 saturated carbocycles. The first kappa shape index (κ1) is 25.1. The van der Waals surface area contributed by atoms with E-state index in [0.29, 0.717) is 44.4 Å². The van der Waals surface area contributed by atoms with Crippen molar-refractivity contribution in [2.75, 3.05) is 13.2 Å². The Bertz CT molecular complexity index is 705. The van der Waals surface area contributed by atoms with Crippen molar-refractivity contribution in [3.8, 4) is 0 Å². The van der Waals surface area contributed by atoms with Crippen LogP contribution >= 0.6 is 0 Å². The monoisotopic (exact) mass is 403 g/mol. The smallest absolute Gasteiger partial charge is 0.220 e. The highest BCUT2D eigenvalue weighted by Crippen LogP contribution is 2.21. The molecule has 0 radical (unpaired) electrons. The van der Waals surface area contributed by atoms with Gasteiger partial charge in [-0.05, 0) is 70.6 Å². The molecule has 0 spiro atoms. The molecule has 1 rings (SSSR count). The maximum Gasteiger partial charge on any atom is 0.220 e. The number of hydrogen-bond donors (Lipinski definition) is 2. The second-order valence-corrected chi connectivity index (χ2v) is 8.50. The van der Waals surface area contributed by atoms with Crippen molar-refractivity contribution < 1.29 is 19.4 Å². The number of rotatable bonds is 13. The van der Waals surface area contributed by atoms with E-state index in [1.165, 1.54) is 6.92 Å². The number of carbonyl (C=O) groups is 2. The van der Waals surface area contributed by atoms with Crippen LogP contribution in [-0.2, 0) is 16.0 Å². The van der Waals surface area contributed by atoms with Crippen molar-refractivity contribution in [3.05, 3.63) is 41.5 Å². The van der Waals surface area contributed by atoms with Gasteiger partial charge in [0.15, 0.2) is 5.78 Å². The van der Waals surface area contributed by atoms with Gasteiger partial charge in [-0.2, -0.15) is 0 Å². The van der Waals surface area contributed by atoms with Crippen LogP contribution in [0.2, 0.25) is 0 Å². The van der Waals surface area contributed by atoms with Gasteiger partial charge in [0.2, 0.25) is 5.91 Å². The quantitative estimate of drug-likeness (QED) is 0.481. The summed E-state index contributed by atoms with van der Waals surface area (Å²) in [6.45, 7) is 13.9. The number of benzene rings is 1. The molecular weight excluding hydrogens is 366 g/mol. The van der Waals surface area contributed by atoms with Crippen LogP contribution in [-0.4, -0.2) is 41.2 Å². The Labute approximate surface area is 175 Å². The van der Waals surface area contributed by atoms with Gasteiger partial charge >= 0.3 is 0 Å². The third-order valence-corrected chi connectivity index (χ3v) is 5.25. The number of Topliss-reactive ketones (excluding diaryl/α,β-unsaturated/α-hetero) is 1. The Hall–Kier alpha value is -1.98. The van der Waals surface area contributed by atoms with Crippen LogP contribution in [0.3, 0.4) is 0 Å². The van der Waals surface area contributed by atoms with Crippen LogP contribution in [0.25, 0.3) is 6.08 Å². The van der Waals surface area contributed by atoms with Gasteiger partial charge in [0, 0.05) is 18.5 Å². The van der Waals surface area contributed by atoms with Crippen molar-refractivity contribution in [1.29, 1.82) is 0 Å². The number of aryl methyl sites for hydroxylation is 1. The molecule has 0 aliphatic rings. The molecule has 162 valence electrons. The van der Waals surface area contributed by atoms with Gasteiger partial charge in [0.1, 0.15) is 0 Å². The molecule has 1 aromatic rings. The van der Waals surface area contributed by atoms with Gasteiger partial charge < -0.3 is 15.2 Å². The van der Waals surface area contributed by atoms with Gasteiger partial charge in [0.25, 0.3) is 0 Å². The number of nitrogens with one attached hydrogen (secondary N) is 1. The van der Waals surface area contributed by atoms with E-state index < -0.39 is 5.60 Å². The van der Waals surface area contributed by atoms with Crippen LogP contribution in [0.15, 0.2) is 24.8 Å². The molecule has 0 aromatic heterocycles. The lowest BCUT2D eigenvalue weighted by Gasteiger charge is -2.30. The fourth-order valence-electron chi connectivity index (χ4n) is 2.95. The average molecular weight is 404 g/mol. The Morgan fingerprint density at radius 1 is 1.24 bits per heavy atom. The van der Waals surface area contributed by atoms with Crippen molar-refractivity contribution in [2.45, 2.75) is 77.9 Å². The lowest BCUT2D eigenvalue weighted by atomic mass is 9.98. The highest BCUT2D eigenvalue weighted by atomic mass is 16.5. The Kier molecular flexibility index (Phi) is 9.74. The zero-order valence-electron chi connectivity index (χ0n) is 18.6. The average Bonchev–Trinajstić information content (AvgIpc) is 2.65. The summed E-state index contributed by atoms with van der Waals surface area (Å²) in [5.41, 5.74) is 1.35. The normalized spacial score (nSPS) is 13.6. The van der Waals surface area contributed by atoms with Crippen molar-refractivity contribution >= 4 is 17.8 Å². The maximum absolute atomic E-state index is 12.2. The van der Waals surface area contributed by atoms with Gasteiger partial charge in [-0.3, -0.25) is 9.59 Å². The van der Waals surface area contributed by atoms with Gasteiger partial charge in [-0.1, -0.05) is 31.7 Å². The minimum atomic E-state index is -0.741. The molecule has 2 N–H and O–H groups in total. The lowest BCUT2D eigenvalue weighted by Crippen LogP contribution is -2.36. The van der Waals surface area contributed by atoms with Crippen LogP contribution in [0.4, 0.5) is 0 Å². The van der Waals surface area contributed by atoms with Crippen LogP contribution in [0, 0.1) is 0 Å². The molecule has 1 amide bonds. The maximum atomic E-state index is 12.2. The molecule has 1 atom stereocenters. The molecule has 1 aromatic carbocycles. The zero-order valence-corrected chi connectivity index (χ0v) is 18.6. The van der Waals surface area contributed by atoms with E-state index in [1.807, 2.05) is 25.1 Å². The summed E-state index contributed by atoms with van der Waals surface area (Å²) < 4.78 is 5.97. The predicted octanol–water partition coefficient (Wildman–Crippen LogP) is 4.32. The molecular formula is C24H37NO4. The molecule has 0 bridgehead atoms. The van der Waals surface area contributed by atoms with Gasteiger partial charge in [0.05, 0.1) is 17.8 Å². The molecule has 0 fully saturated rings. The third-order valence-electron chi connectivity index (χ3n) is 5.25. The zero-order chi connectivity index (χ0) is 22.1. The SMILES string of the molecule is C=Cc1ccc(CCC(=O)NCCC(C)(CC)OCCC(C)(C)O)cc1C(C)=O. The summed E-state index contributed by atoms with van der Waals surface area (Å²) in [5, 5.41) is 12.8. The highest BCUT2D eigenvalue weighted by Gasteiger charge is 2.24. The standard InChI is InChI=1S/C24H37NO4/c1-7-20-11-9-19(17-21(20)18(3)26)10-12-22(27)25-15-13-24(6,8-2)29-16-14-23(4,5)28/h7,9,11,17,28H,1,8,10,12-16H2,2-6H3,(H,25,27). The number of amides is 1. The summed E-state index contributed by atoms with van der Waals surface area (Å²) >= 11 is 0. The largest absolute Gasteiger partial charge is 0.390 e. The van der Waals surface area contributed by atoms with Crippen LogP contribution in [0.5, 0.6) is 0 Å². The van der Waals surface area contributed by atoms with E-state index in [1.54, 1.807) is 19.9 Å². The number of aliphatic hydroxyl groups is 1. The molecule has 0 heterocycles. The summed E-state index contributed by atoms with van der Waals surface area (Å²) in [4.78, 5) is 24.0. The summed E-state index contributed by atoms with van der Waals surface area (Å²) in [6, 6.07) is 5.65. The topological polar surface area (TPSA) is 75.6 Å². The van der Waals surface area contributed by atoms with E-state index >= 15 is 0 Å². The number of hydrogen-bond acceptors (Lipinski definition) is 4. The predicted molar refractivity (Wildman–Crippen MR) is 118 cm³/mol. The molecule has 0 aliphatic carbocycles. The second kappa shape index (κ2) is 11.3. The van der Waals surface area contributed by atoms with Crippen molar-refractivity contribution in [2.24, 2.45) is 0 Å². The third kappa shape index (κ3) is 9.37. The molecule has 5 nitrogen and oxygen atoms in total. The molecule has 5 heteroatoms. The minimum absolute atomic E-state index is 0.00496. The highest BCUT2D eigenvalue weighted by molar-refractivity contribution is 5.97. The van der Waals surface area contributed by atoms with E-state index in [9.17, 15) is 14.7 Å². The number of ketones is 1. The van der Waals surface area contributed by atoms with Crippen LogP contribution in [0.1, 0.15) is 81.8 Å². The Balaban J connectivity index is 2.46. The van der Waals surface area contributed by atoms with Crippen molar-refractivity contribution in [1.82, 2.24) is 5.32 Å².